The molecule has 0 saturated heterocycles. The van der Waals surface area contributed by atoms with Crippen molar-refractivity contribution in [3.63, 3.8) is 0 Å². The Balaban J connectivity index is 3.10. The van der Waals surface area contributed by atoms with E-state index in [1.807, 2.05) is 0 Å². The quantitative estimate of drug-likeness (QED) is 0.458. The molecule has 0 spiro atoms. The average Bonchev–Trinajstić information content (AvgIpc) is 2.04. The molecule has 0 saturated carbocycles. The summed E-state index contributed by atoms with van der Waals surface area (Å²) in [6.45, 7) is 0.337. The Morgan fingerprint density at radius 3 is 2.58 bits per heavy atom. The van der Waals surface area contributed by atoms with E-state index in [-0.39, 0.29) is 0 Å². The van der Waals surface area contributed by atoms with Crippen molar-refractivity contribution in [1.82, 2.24) is 0 Å². The van der Waals surface area contributed by atoms with Gasteiger partial charge in [0.2, 0.25) is 0 Å². The third kappa shape index (κ3) is 1.82. The minimum absolute atomic E-state index is 0.296. The SMILES string of the molecule is NCc1ccc(S(=O)O)cc1N. The van der Waals surface area contributed by atoms with Crippen molar-refractivity contribution in [3.8, 4) is 0 Å². The first-order chi connectivity index (χ1) is 5.65. The van der Waals surface area contributed by atoms with Gasteiger partial charge in [-0.25, -0.2) is 4.21 Å². The lowest BCUT2D eigenvalue weighted by molar-refractivity contribution is 0.564. The molecule has 0 fully saturated rings. The largest absolute Gasteiger partial charge is 0.398 e. The monoisotopic (exact) mass is 186 g/mol. The summed E-state index contributed by atoms with van der Waals surface area (Å²) in [6, 6.07) is 4.64. The Morgan fingerprint density at radius 1 is 1.50 bits per heavy atom. The van der Waals surface area contributed by atoms with Crippen molar-refractivity contribution in [3.05, 3.63) is 23.8 Å². The number of anilines is 1. The van der Waals surface area contributed by atoms with E-state index in [9.17, 15) is 4.21 Å². The molecule has 1 unspecified atom stereocenters. The molecule has 1 aromatic rings. The molecule has 12 heavy (non-hydrogen) atoms. The van der Waals surface area contributed by atoms with Crippen molar-refractivity contribution in [2.45, 2.75) is 11.4 Å². The molecule has 1 aromatic carbocycles. The number of rotatable bonds is 2. The van der Waals surface area contributed by atoms with Gasteiger partial charge in [-0.2, -0.15) is 0 Å². The lowest BCUT2D eigenvalue weighted by Gasteiger charge is -2.02. The van der Waals surface area contributed by atoms with E-state index in [1.54, 1.807) is 6.07 Å². The maximum Gasteiger partial charge on any atom is 0.186 e. The van der Waals surface area contributed by atoms with Gasteiger partial charge in [0.05, 0.1) is 4.90 Å². The molecule has 0 aliphatic carbocycles. The van der Waals surface area contributed by atoms with Gasteiger partial charge in [0.15, 0.2) is 11.1 Å². The summed E-state index contributed by atoms with van der Waals surface area (Å²) < 4.78 is 19.3. The molecule has 66 valence electrons. The second-order valence-corrected chi connectivity index (χ2v) is 3.28. The van der Waals surface area contributed by atoms with Crippen molar-refractivity contribution in [2.75, 3.05) is 5.73 Å². The standard InChI is InChI=1S/C7H10N2O2S/c8-4-5-1-2-6(12(10)11)3-7(5)9/h1-3H,4,8-9H2,(H,10,11). The van der Waals surface area contributed by atoms with Gasteiger partial charge < -0.3 is 16.0 Å². The lowest BCUT2D eigenvalue weighted by Crippen LogP contribution is -2.02. The first kappa shape index (κ1) is 9.18. The van der Waals surface area contributed by atoms with E-state index in [0.29, 0.717) is 17.1 Å². The summed E-state index contributed by atoms with van der Waals surface area (Å²) in [5, 5.41) is 0. The van der Waals surface area contributed by atoms with Crippen LogP contribution >= 0.6 is 0 Å². The first-order valence-electron chi connectivity index (χ1n) is 3.34. The van der Waals surface area contributed by atoms with Crippen molar-refractivity contribution in [1.29, 1.82) is 0 Å². The molecule has 0 amide bonds. The normalized spacial score (nSPS) is 12.8. The van der Waals surface area contributed by atoms with Crippen LogP contribution in [0.1, 0.15) is 5.56 Å². The van der Waals surface area contributed by atoms with E-state index in [4.69, 9.17) is 16.0 Å². The number of hydrogen-bond acceptors (Lipinski definition) is 3. The zero-order chi connectivity index (χ0) is 9.14. The van der Waals surface area contributed by atoms with Crippen LogP contribution in [0.25, 0.3) is 0 Å². The molecule has 1 atom stereocenters. The highest BCUT2D eigenvalue weighted by molar-refractivity contribution is 7.79. The van der Waals surface area contributed by atoms with E-state index < -0.39 is 11.1 Å². The fourth-order valence-corrected chi connectivity index (χ4v) is 1.28. The smallest absolute Gasteiger partial charge is 0.186 e. The molecule has 0 bridgehead atoms. The summed E-state index contributed by atoms with van der Waals surface area (Å²) >= 11 is -1.97. The van der Waals surface area contributed by atoms with E-state index in [2.05, 4.69) is 0 Å². The third-order valence-electron chi connectivity index (χ3n) is 1.54. The van der Waals surface area contributed by atoms with E-state index >= 15 is 0 Å². The van der Waals surface area contributed by atoms with Crippen LogP contribution in [0, 0.1) is 0 Å². The summed E-state index contributed by atoms with van der Waals surface area (Å²) in [5.41, 5.74) is 12.1. The Morgan fingerprint density at radius 2 is 2.17 bits per heavy atom. The maximum atomic E-state index is 10.6. The predicted molar refractivity (Wildman–Crippen MR) is 47.8 cm³/mol. The zero-order valence-electron chi connectivity index (χ0n) is 6.36. The predicted octanol–water partition coefficient (Wildman–Crippen LogP) is 0.308. The van der Waals surface area contributed by atoms with Crippen LogP contribution in [-0.4, -0.2) is 8.76 Å². The summed E-state index contributed by atoms with van der Waals surface area (Å²) in [5.74, 6) is 0. The molecule has 5 heteroatoms. The van der Waals surface area contributed by atoms with Gasteiger partial charge >= 0.3 is 0 Å². The van der Waals surface area contributed by atoms with Crippen LogP contribution in [0.15, 0.2) is 23.1 Å². The zero-order valence-corrected chi connectivity index (χ0v) is 7.17. The first-order valence-corrected chi connectivity index (χ1v) is 4.45. The Labute approximate surface area is 72.9 Å². The van der Waals surface area contributed by atoms with E-state index in [0.717, 1.165) is 5.56 Å². The summed E-state index contributed by atoms with van der Waals surface area (Å²) in [4.78, 5) is 0.296. The summed E-state index contributed by atoms with van der Waals surface area (Å²) in [6.07, 6.45) is 0. The van der Waals surface area contributed by atoms with Crippen LogP contribution in [0.5, 0.6) is 0 Å². The molecule has 0 heterocycles. The Hall–Kier alpha value is -0.910. The second-order valence-electron chi connectivity index (χ2n) is 2.31. The van der Waals surface area contributed by atoms with Gasteiger partial charge in [0, 0.05) is 12.2 Å². The fourth-order valence-electron chi connectivity index (χ4n) is 0.868. The summed E-state index contributed by atoms with van der Waals surface area (Å²) in [7, 11) is 0. The molecule has 4 nitrogen and oxygen atoms in total. The van der Waals surface area contributed by atoms with Crippen molar-refractivity contribution < 1.29 is 8.76 Å². The van der Waals surface area contributed by atoms with Crippen LogP contribution < -0.4 is 11.5 Å². The highest BCUT2D eigenvalue weighted by Gasteiger charge is 2.02. The fraction of sp³-hybridized carbons (Fsp3) is 0.143. The molecule has 0 aliphatic rings. The molecule has 5 N–H and O–H groups in total. The molecular weight excluding hydrogens is 176 g/mol. The Bertz CT molecular complexity index is 314. The third-order valence-corrected chi connectivity index (χ3v) is 2.20. The molecule has 0 aliphatic heterocycles. The number of benzene rings is 1. The van der Waals surface area contributed by atoms with Crippen LogP contribution in [0.4, 0.5) is 5.69 Å². The minimum Gasteiger partial charge on any atom is -0.398 e. The highest BCUT2D eigenvalue weighted by Crippen LogP contribution is 2.15. The lowest BCUT2D eigenvalue weighted by atomic mass is 10.2. The number of nitrogen functional groups attached to an aromatic ring is 1. The topological polar surface area (TPSA) is 89.3 Å². The second kappa shape index (κ2) is 3.66. The van der Waals surface area contributed by atoms with Gasteiger partial charge in [0.25, 0.3) is 0 Å². The molecular formula is C7H10N2O2S. The van der Waals surface area contributed by atoms with Crippen LogP contribution in [0.3, 0.4) is 0 Å². The van der Waals surface area contributed by atoms with Crippen molar-refractivity contribution >= 4 is 16.8 Å². The highest BCUT2D eigenvalue weighted by atomic mass is 32.2. The van der Waals surface area contributed by atoms with Crippen molar-refractivity contribution in [2.24, 2.45) is 5.73 Å². The maximum absolute atomic E-state index is 10.6. The number of hydrogen-bond donors (Lipinski definition) is 3. The molecule has 0 radical (unpaired) electrons. The molecule has 1 rings (SSSR count). The van der Waals surface area contributed by atoms with Crippen LogP contribution in [-0.2, 0) is 17.6 Å². The number of nitrogens with two attached hydrogens (primary N) is 2. The van der Waals surface area contributed by atoms with E-state index in [1.165, 1.54) is 12.1 Å². The van der Waals surface area contributed by atoms with Gasteiger partial charge in [-0.05, 0) is 17.7 Å². The minimum atomic E-state index is -1.97. The van der Waals surface area contributed by atoms with Gasteiger partial charge in [-0.15, -0.1) is 0 Å². The van der Waals surface area contributed by atoms with Gasteiger partial charge in [-0.1, -0.05) is 6.07 Å². The average molecular weight is 186 g/mol. The van der Waals surface area contributed by atoms with Crippen LogP contribution in [0.2, 0.25) is 0 Å². The Kier molecular flexibility index (Phi) is 2.80. The molecule has 0 aromatic heterocycles. The van der Waals surface area contributed by atoms with Gasteiger partial charge in [-0.3, -0.25) is 0 Å². The van der Waals surface area contributed by atoms with Gasteiger partial charge in [0.1, 0.15) is 0 Å².